The zero-order valence-corrected chi connectivity index (χ0v) is 19.7. The number of nitrogens with zero attached hydrogens (tertiary/aromatic N) is 3. The number of pyridine rings is 1. The van der Waals surface area contributed by atoms with E-state index in [2.05, 4.69) is 15.4 Å². The molecular formula is C27H24FN5O4. The van der Waals surface area contributed by atoms with Gasteiger partial charge in [-0.25, -0.2) is 14.1 Å². The highest BCUT2D eigenvalue weighted by molar-refractivity contribution is 5.98. The first-order valence-corrected chi connectivity index (χ1v) is 11.7. The summed E-state index contributed by atoms with van der Waals surface area (Å²) in [5, 5.41) is 7.41. The molecule has 1 atom stereocenters. The van der Waals surface area contributed by atoms with Crippen molar-refractivity contribution in [3.8, 4) is 17.1 Å². The zero-order chi connectivity index (χ0) is 25.8. The Labute approximate surface area is 212 Å². The molecule has 9 nitrogen and oxygen atoms in total. The van der Waals surface area contributed by atoms with Crippen molar-refractivity contribution in [1.82, 2.24) is 20.1 Å². The van der Waals surface area contributed by atoms with Crippen LogP contribution in [0.5, 0.6) is 0 Å². The number of aromatic nitrogens is 3. The number of carbonyl (C=O) groups is 2. The van der Waals surface area contributed by atoms with Gasteiger partial charge in [0.2, 0.25) is 0 Å². The minimum absolute atomic E-state index is 0.168. The summed E-state index contributed by atoms with van der Waals surface area (Å²) in [5.74, 6) is -3.22. The second kappa shape index (κ2) is 10.3. The van der Waals surface area contributed by atoms with Crippen LogP contribution in [0.3, 0.4) is 0 Å². The Morgan fingerprint density at radius 2 is 1.76 bits per heavy atom. The molecule has 3 N–H and O–H groups in total. The van der Waals surface area contributed by atoms with Gasteiger partial charge in [0.15, 0.2) is 5.82 Å². The molecule has 188 valence electrons. The highest BCUT2D eigenvalue weighted by Gasteiger charge is 2.51. The van der Waals surface area contributed by atoms with Crippen molar-refractivity contribution >= 4 is 11.8 Å². The summed E-state index contributed by atoms with van der Waals surface area (Å²) in [7, 11) is 0. The maximum atomic E-state index is 13.6. The first kappa shape index (κ1) is 24.3. The lowest BCUT2D eigenvalue weighted by Gasteiger charge is -2.33. The second-order valence-electron chi connectivity index (χ2n) is 8.47. The van der Waals surface area contributed by atoms with E-state index in [1.165, 1.54) is 16.8 Å². The lowest BCUT2D eigenvalue weighted by atomic mass is 9.97. The van der Waals surface area contributed by atoms with Crippen LogP contribution in [0.25, 0.3) is 17.1 Å². The third-order valence-corrected chi connectivity index (χ3v) is 6.08. The van der Waals surface area contributed by atoms with Crippen LogP contribution in [0.4, 0.5) is 4.39 Å². The molecule has 1 aliphatic rings. The highest BCUT2D eigenvalue weighted by atomic mass is 19.1. The number of rotatable bonds is 8. The van der Waals surface area contributed by atoms with Gasteiger partial charge >= 0.3 is 0 Å². The quantitative estimate of drug-likeness (QED) is 0.383. The summed E-state index contributed by atoms with van der Waals surface area (Å²) in [6.45, 7) is 0.337. The van der Waals surface area contributed by atoms with Crippen LogP contribution in [0.1, 0.15) is 15.9 Å². The molecule has 0 aliphatic carbocycles. The van der Waals surface area contributed by atoms with Gasteiger partial charge in [-0.1, -0.05) is 30.3 Å². The van der Waals surface area contributed by atoms with Gasteiger partial charge in [-0.05, 0) is 54.4 Å². The van der Waals surface area contributed by atoms with E-state index >= 15 is 0 Å². The molecule has 0 bridgehead atoms. The van der Waals surface area contributed by atoms with E-state index in [1.807, 2.05) is 30.3 Å². The first-order valence-electron chi connectivity index (χ1n) is 11.7. The van der Waals surface area contributed by atoms with Crippen molar-refractivity contribution in [2.45, 2.75) is 18.2 Å². The van der Waals surface area contributed by atoms with Crippen LogP contribution in [-0.2, 0) is 20.7 Å². The number of nitrogens with one attached hydrogen (secondary N) is 1. The average molecular weight is 502 g/mol. The number of primary amides is 1. The molecule has 2 amide bonds. The largest absolute Gasteiger partial charge is 0.365 e. The molecule has 1 aliphatic heterocycles. The van der Waals surface area contributed by atoms with Crippen LogP contribution >= 0.6 is 0 Å². The standard InChI is InChI=1S/C27H24FN5O4/c28-20-10-8-19(9-11-20)22-12-14-33(32-22)24-21(7-4-13-30-24)25(34)31-23(17-18-5-2-1-3-6-18)27(26(29)35)36-15-16-37-27/h1-14,23H,15-17H2,(H2,29,35)(H,31,34)/t23-/m0/s1. The number of halogens is 1. The van der Waals surface area contributed by atoms with Crippen molar-refractivity contribution in [2.24, 2.45) is 5.73 Å². The number of amides is 2. The van der Waals surface area contributed by atoms with Gasteiger partial charge in [-0.3, -0.25) is 9.59 Å². The van der Waals surface area contributed by atoms with Crippen molar-refractivity contribution < 1.29 is 23.5 Å². The Bertz CT molecular complexity index is 1400. The molecule has 2 aromatic heterocycles. The molecule has 3 heterocycles. The van der Waals surface area contributed by atoms with Gasteiger partial charge in [0.1, 0.15) is 5.82 Å². The van der Waals surface area contributed by atoms with Crippen molar-refractivity contribution in [1.29, 1.82) is 0 Å². The zero-order valence-electron chi connectivity index (χ0n) is 19.7. The summed E-state index contributed by atoms with van der Waals surface area (Å²) in [6.07, 6.45) is 3.44. The number of hydrogen-bond donors (Lipinski definition) is 2. The average Bonchev–Trinajstić information content (AvgIpc) is 3.61. The summed E-state index contributed by atoms with van der Waals surface area (Å²) < 4.78 is 26.1. The summed E-state index contributed by atoms with van der Waals surface area (Å²) in [4.78, 5) is 30.4. The highest BCUT2D eigenvalue weighted by Crippen LogP contribution is 2.27. The lowest BCUT2D eigenvalue weighted by molar-refractivity contribution is -0.189. The smallest absolute Gasteiger partial charge is 0.280 e. The summed E-state index contributed by atoms with van der Waals surface area (Å²) in [5.41, 5.74) is 8.07. The van der Waals surface area contributed by atoms with E-state index in [9.17, 15) is 14.0 Å². The molecular weight excluding hydrogens is 477 g/mol. The Morgan fingerprint density at radius 1 is 1.03 bits per heavy atom. The third kappa shape index (κ3) is 4.97. The van der Waals surface area contributed by atoms with E-state index in [4.69, 9.17) is 15.2 Å². The van der Waals surface area contributed by atoms with E-state index in [1.54, 1.807) is 42.7 Å². The van der Waals surface area contributed by atoms with Crippen molar-refractivity contribution in [2.75, 3.05) is 13.2 Å². The van der Waals surface area contributed by atoms with Crippen LogP contribution in [-0.4, -0.2) is 51.6 Å². The Balaban J connectivity index is 1.46. The molecule has 5 rings (SSSR count). The minimum atomic E-state index is -1.81. The van der Waals surface area contributed by atoms with Gasteiger partial charge in [-0.15, -0.1) is 0 Å². The predicted octanol–water partition coefficient (Wildman–Crippen LogP) is 2.64. The van der Waals surface area contributed by atoms with Crippen molar-refractivity contribution in [3.05, 3.63) is 102 Å². The number of ether oxygens (including phenoxy) is 2. The van der Waals surface area contributed by atoms with Gasteiger partial charge in [-0.2, -0.15) is 5.10 Å². The van der Waals surface area contributed by atoms with Gasteiger partial charge < -0.3 is 20.5 Å². The van der Waals surface area contributed by atoms with Crippen LogP contribution in [0.2, 0.25) is 0 Å². The topological polar surface area (TPSA) is 121 Å². The normalized spacial score (nSPS) is 15.3. The number of benzene rings is 2. The summed E-state index contributed by atoms with van der Waals surface area (Å²) >= 11 is 0. The Kier molecular flexibility index (Phi) is 6.76. The predicted molar refractivity (Wildman–Crippen MR) is 132 cm³/mol. The number of nitrogens with two attached hydrogens (primary N) is 1. The van der Waals surface area contributed by atoms with E-state index in [0.29, 0.717) is 11.3 Å². The Morgan fingerprint density at radius 3 is 2.46 bits per heavy atom. The van der Waals surface area contributed by atoms with Crippen LogP contribution < -0.4 is 11.1 Å². The molecule has 2 aromatic carbocycles. The molecule has 37 heavy (non-hydrogen) atoms. The minimum Gasteiger partial charge on any atom is -0.365 e. The van der Waals surface area contributed by atoms with E-state index in [0.717, 1.165) is 5.56 Å². The molecule has 0 spiro atoms. The fraction of sp³-hybridized carbons (Fsp3) is 0.185. The molecule has 4 aromatic rings. The molecule has 1 fully saturated rings. The molecule has 1 saturated heterocycles. The number of carbonyl (C=O) groups excluding carboxylic acids is 2. The molecule has 0 radical (unpaired) electrons. The second-order valence-corrected chi connectivity index (χ2v) is 8.47. The van der Waals surface area contributed by atoms with Crippen LogP contribution in [0, 0.1) is 5.82 Å². The maximum Gasteiger partial charge on any atom is 0.280 e. The van der Waals surface area contributed by atoms with Gasteiger partial charge in [0, 0.05) is 18.0 Å². The number of hydrogen-bond acceptors (Lipinski definition) is 6. The summed E-state index contributed by atoms with van der Waals surface area (Å²) in [6, 6.07) is 19.3. The lowest BCUT2D eigenvalue weighted by Crippen LogP contribution is -2.61. The van der Waals surface area contributed by atoms with Gasteiger partial charge in [0.05, 0.1) is 30.5 Å². The maximum absolute atomic E-state index is 13.6. The molecule has 0 unspecified atom stereocenters. The van der Waals surface area contributed by atoms with E-state index in [-0.39, 0.29) is 36.8 Å². The Hall–Kier alpha value is -4.41. The first-order chi connectivity index (χ1) is 18.0. The fourth-order valence-corrected chi connectivity index (χ4v) is 4.28. The molecule has 10 heteroatoms. The van der Waals surface area contributed by atoms with Crippen molar-refractivity contribution in [3.63, 3.8) is 0 Å². The van der Waals surface area contributed by atoms with E-state index < -0.39 is 23.6 Å². The SMILES string of the molecule is NC(=O)C1([C@H](Cc2ccccc2)NC(=O)c2cccnc2-n2ccc(-c3ccc(F)cc3)n2)OCCO1. The monoisotopic (exact) mass is 501 g/mol. The fourth-order valence-electron chi connectivity index (χ4n) is 4.28. The third-order valence-electron chi connectivity index (χ3n) is 6.08. The molecule has 0 saturated carbocycles. The van der Waals surface area contributed by atoms with Gasteiger partial charge in [0.25, 0.3) is 17.6 Å². The van der Waals surface area contributed by atoms with Crippen LogP contribution in [0.15, 0.2) is 85.2 Å².